The van der Waals surface area contributed by atoms with Crippen LogP contribution < -0.4 is 15.7 Å². The van der Waals surface area contributed by atoms with Crippen LogP contribution in [0.15, 0.2) is 60.7 Å². The van der Waals surface area contributed by atoms with E-state index in [1.165, 1.54) is 5.69 Å². The lowest BCUT2D eigenvalue weighted by Gasteiger charge is -2.18. The summed E-state index contributed by atoms with van der Waals surface area (Å²) in [5.41, 5.74) is 4.70. The van der Waals surface area contributed by atoms with Crippen LogP contribution in [0.4, 0.5) is 10.5 Å². The molecule has 0 saturated carbocycles. The van der Waals surface area contributed by atoms with E-state index in [1.54, 1.807) is 0 Å². The molecule has 1 aliphatic heterocycles. The van der Waals surface area contributed by atoms with Crippen molar-refractivity contribution in [2.24, 2.45) is 5.92 Å². The monoisotopic (exact) mass is 325 g/mol. The van der Waals surface area contributed by atoms with E-state index in [2.05, 4.69) is 40.0 Å². The Morgan fingerprint density at radius 1 is 1.08 bits per heavy atom. The topological polar surface area (TPSA) is 53.6 Å². The van der Waals surface area contributed by atoms with Gasteiger partial charge >= 0.3 is 6.03 Å². The molecule has 5 nitrogen and oxygen atoms in total. The second kappa shape index (κ2) is 8.36. The van der Waals surface area contributed by atoms with Gasteiger partial charge in [0.25, 0.3) is 0 Å². The van der Waals surface area contributed by atoms with Crippen LogP contribution >= 0.6 is 0 Å². The summed E-state index contributed by atoms with van der Waals surface area (Å²) in [7, 11) is 0. The van der Waals surface area contributed by atoms with E-state index in [1.807, 2.05) is 36.4 Å². The summed E-state index contributed by atoms with van der Waals surface area (Å²) in [5.74, 6) is 0.463. The number of para-hydroxylation sites is 1. The van der Waals surface area contributed by atoms with Crippen molar-refractivity contribution in [3.05, 3.63) is 66.2 Å². The molecular weight excluding hydrogens is 302 g/mol. The number of anilines is 1. The maximum Gasteiger partial charge on any atom is 0.338 e. The smallest absolute Gasteiger partial charge is 0.338 e. The minimum atomic E-state index is -0.288. The lowest BCUT2D eigenvalue weighted by Crippen LogP contribution is -2.38. The molecule has 2 aromatic rings. The molecule has 1 saturated heterocycles. The van der Waals surface area contributed by atoms with Gasteiger partial charge < -0.3 is 10.2 Å². The lowest BCUT2D eigenvalue weighted by atomic mass is 10.1. The van der Waals surface area contributed by atoms with Crippen LogP contribution in [-0.4, -0.2) is 25.7 Å². The number of nitrogens with one attached hydrogen (secondary N) is 2. The second-order valence-electron chi connectivity index (χ2n) is 6.02. The molecule has 2 amide bonds. The van der Waals surface area contributed by atoms with Crippen LogP contribution in [0.2, 0.25) is 0 Å². The molecule has 1 unspecified atom stereocenters. The Hall–Kier alpha value is -2.53. The zero-order chi connectivity index (χ0) is 16.6. The first kappa shape index (κ1) is 16.3. The number of carbonyl (C=O) groups excluding carboxylic acids is 1. The number of nitrogens with zero attached hydrogens (tertiary/aromatic N) is 1. The Morgan fingerprint density at radius 3 is 2.54 bits per heavy atom. The van der Waals surface area contributed by atoms with Crippen molar-refractivity contribution in [1.29, 1.82) is 0 Å². The molecule has 126 valence electrons. The highest BCUT2D eigenvalue weighted by Crippen LogP contribution is 2.22. The van der Waals surface area contributed by atoms with Crippen molar-refractivity contribution >= 4 is 11.7 Å². The molecule has 5 heteroatoms. The third-order valence-corrected chi connectivity index (χ3v) is 4.21. The first-order chi connectivity index (χ1) is 11.8. The largest absolute Gasteiger partial charge is 0.371 e. The molecule has 2 N–H and O–H groups in total. The Kier molecular flexibility index (Phi) is 5.69. The third kappa shape index (κ3) is 4.73. The number of hydroxylamine groups is 1. The van der Waals surface area contributed by atoms with E-state index >= 15 is 0 Å². The molecule has 2 aromatic carbocycles. The van der Waals surface area contributed by atoms with Gasteiger partial charge in [-0.3, -0.25) is 4.84 Å². The summed E-state index contributed by atoms with van der Waals surface area (Å²) in [4.78, 5) is 19.4. The van der Waals surface area contributed by atoms with Gasteiger partial charge in [-0.2, -0.15) is 0 Å². The summed E-state index contributed by atoms with van der Waals surface area (Å²) < 4.78 is 0. The maximum absolute atomic E-state index is 11.8. The molecule has 0 aliphatic carbocycles. The predicted molar refractivity (Wildman–Crippen MR) is 94.5 cm³/mol. The number of hydrogen-bond donors (Lipinski definition) is 2. The van der Waals surface area contributed by atoms with Gasteiger partial charge in [0.05, 0.1) is 6.61 Å². The predicted octanol–water partition coefficient (Wildman–Crippen LogP) is 2.94. The molecule has 0 spiro atoms. The molecule has 0 radical (unpaired) electrons. The summed E-state index contributed by atoms with van der Waals surface area (Å²) in [5, 5.41) is 2.88. The molecule has 0 bridgehead atoms. The first-order valence-electron chi connectivity index (χ1n) is 8.31. The molecule has 3 rings (SSSR count). The van der Waals surface area contributed by atoms with Crippen molar-refractivity contribution in [1.82, 2.24) is 10.8 Å². The summed E-state index contributed by atoms with van der Waals surface area (Å²) in [6.45, 7) is 3.01. The fraction of sp³-hybridized carbons (Fsp3) is 0.316. The molecule has 0 aromatic heterocycles. The second-order valence-corrected chi connectivity index (χ2v) is 6.02. The first-order valence-corrected chi connectivity index (χ1v) is 8.31. The lowest BCUT2D eigenvalue weighted by molar-refractivity contribution is 0.0488. The Balaban J connectivity index is 1.33. The van der Waals surface area contributed by atoms with Crippen LogP contribution in [0, 0.1) is 5.92 Å². The minimum Gasteiger partial charge on any atom is -0.371 e. The number of hydrogen-bond acceptors (Lipinski definition) is 3. The standard InChI is InChI=1S/C19H23N3O2/c23-19(21-24-15-16-7-3-1-4-8-16)20-13-17-11-12-22(14-17)18-9-5-2-6-10-18/h1-10,17H,11-15H2,(H2,20,21,23). The van der Waals surface area contributed by atoms with E-state index in [4.69, 9.17) is 4.84 Å². The van der Waals surface area contributed by atoms with Crippen molar-refractivity contribution in [2.75, 3.05) is 24.5 Å². The summed E-state index contributed by atoms with van der Waals surface area (Å²) in [6.07, 6.45) is 1.08. The fourth-order valence-corrected chi connectivity index (χ4v) is 2.90. The van der Waals surface area contributed by atoms with Gasteiger partial charge in [-0.05, 0) is 30.0 Å². The van der Waals surface area contributed by atoms with E-state index in [0.717, 1.165) is 25.1 Å². The van der Waals surface area contributed by atoms with Crippen molar-refractivity contribution in [3.8, 4) is 0 Å². The Labute approximate surface area is 142 Å². The van der Waals surface area contributed by atoms with Gasteiger partial charge in [0, 0.05) is 25.3 Å². The van der Waals surface area contributed by atoms with Gasteiger partial charge in [-0.1, -0.05) is 48.5 Å². The van der Waals surface area contributed by atoms with Crippen LogP contribution in [0.25, 0.3) is 0 Å². The van der Waals surface area contributed by atoms with E-state index in [-0.39, 0.29) is 6.03 Å². The summed E-state index contributed by atoms with van der Waals surface area (Å²) in [6, 6.07) is 19.8. The van der Waals surface area contributed by atoms with Crippen LogP contribution in [0.3, 0.4) is 0 Å². The van der Waals surface area contributed by atoms with Gasteiger partial charge in [0.2, 0.25) is 0 Å². The summed E-state index contributed by atoms with van der Waals surface area (Å²) >= 11 is 0. The Bertz CT molecular complexity index is 634. The average molecular weight is 325 g/mol. The fourth-order valence-electron chi connectivity index (χ4n) is 2.90. The van der Waals surface area contributed by atoms with Crippen LogP contribution in [0.5, 0.6) is 0 Å². The maximum atomic E-state index is 11.8. The van der Waals surface area contributed by atoms with Crippen molar-refractivity contribution in [2.45, 2.75) is 13.0 Å². The van der Waals surface area contributed by atoms with Gasteiger partial charge in [0.1, 0.15) is 0 Å². The van der Waals surface area contributed by atoms with Gasteiger partial charge in [0.15, 0.2) is 0 Å². The van der Waals surface area contributed by atoms with Gasteiger partial charge in [-0.15, -0.1) is 0 Å². The molecule has 1 atom stereocenters. The van der Waals surface area contributed by atoms with Crippen LogP contribution in [-0.2, 0) is 11.4 Å². The third-order valence-electron chi connectivity index (χ3n) is 4.21. The highest BCUT2D eigenvalue weighted by Gasteiger charge is 2.22. The van der Waals surface area contributed by atoms with Crippen LogP contribution in [0.1, 0.15) is 12.0 Å². The van der Waals surface area contributed by atoms with E-state index in [9.17, 15) is 4.79 Å². The minimum absolute atomic E-state index is 0.288. The van der Waals surface area contributed by atoms with E-state index in [0.29, 0.717) is 19.1 Å². The molecule has 24 heavy (non-hydrogen) atoms. The van der Waals surface area contributed by atoms with E-state index < -0.39 is 0 Å². The molecule has 1 fully saturated rings. The molecule has 1 aliphatic rings. The molecular formula is C19H23N3O2. The normalized spacial score (nSPS) is 16.8. The number of benzene rings is 2. The SMILES string of the molecule is O=C(NCC1CCN(c2ccccc2)C1)NOCc1ccccc1. The van der Waals surface area contributed by atoms with Crippen molar-refractivity contribution < 1.29 is 9.63 Å². The highest BCUT2D eigenvalue weighted by molar-refractivity contribution is 5.72. The zero-order valence-corrected chi connectivity index (χ0v) is 13.7. The Morgan fingerprint density at radius 2 is 1.79 bits per heavy atom. The number of rotatable bonds is 6. The highest BCUT2D eigenvalue weighted by atomic mass is 16.7. The quantitative estimate of drug-likeness (QED) is 0.803. The van der Waals surface area contributed by atoms with Crippen molar-refractivity contribution in [3.63, 3.8) is 0 Å². The molecule has 1 heterocycles. The number of urea groups is 1. The zero-order valence-electron chi connectivity index (χ0n) is 13.7. The number of carbonyl (C=O) groups is 1. The van der Waals surface area contributed by atoms with Gasteiger partial charge in [-0.25, -0.2) is 10.3 Å². The average Bonchev–Trinajstić information content (AvgIpc) is 3.11. The number of amides is 2.